The topological polar surface area (TPSA) is 90.9 Å². The second-order valence-electron chi connectivity index (χ2n) is 5.88. The minimum Gasteiger partial charge on any atom is -0.480 e. The summed E-state index contributed by atoms with van der Waals surface area (Å²) in [5.74, 6) is -1.35. The molecule has 0 aromatic heterocycles. The van der Waals surface area contributed by atoms with Crippen LogP contribution in [0.4, 0.5) is 5.69 Å². The molecule has 0 bridgehead atoms. The summed E-state index contributed by atoms with van der Waals surface area (Å²) in [5, 5.41) is 15.0. The third kappa shape index (κ3) is 7.11. The molecule has 1 aromatic carbocycles. The number of aliphatic carboxylic acids is 1. The highest BCUT2D eigenvalue weighted by atomic mass is 79.9. The van der Waals surface area contributed by atoms with E-state index < -0.39 is 12.0 Å². The van der Waals surface area contributed by atoms with Gasteiger partial charge in [0.25, 0.3) is 0 Å². The Hall–Kier alpha value is -1.48. The van der Waals surface area contributed by atoms with E-state index in [1.165, 1.54) is 0 Å². The lowest BCUT2D eigenvalue weighted by atomic mass is 10.2. The van der Waals surface area contributed by atoms with Gasteiger partial charge < -0.3 is 20.5 Å². The summed E-state index contributed by atoms with van der Waals surface area (Å²) in [6.07, 6.45) is 0.712. The molecule has 1 amide bonds. The number of nitrogens with zero attached hydrogens (tertiary/aromatic N) is 1. The van der Waals surface area contributed by atoms with E-state index in [-0.39, 0.29) is 12.3 Å². The second kappa shape index (κ2) is 10.5. The first kappa shape index (κ1) is 19.8. The monoisotopic (exact) mass is 413 g/mol. The molecule has 7 nitrogen and oxygen atoms in total. The second-order valence-corrected chi connectivity index (χ2v) is 6.74. The number of carbonyl (C=O) groups excluding carboxylic acids is 1. The van der Waals surface area contributed by atoms with E-state index in [1.807, 2.05) is 12.1 Å². The first-order valence-electron chi connectivity index (χ1n) is 8.37. The molecule has 1 fully saturated rings. The average molecular weight is 414 g/mol. The number of hydrogen-bond acceptors (Lipinski definition) is 5. The summed E-state index contributed by atoms with van der Waals surface area (Å²) in [5.41, 5.74) is 0.629. The number of carboxylic acid groups (broad SMARTS) is 1. The van der Waals surface area contributed by atoms with Crippen LogP contribution in [0, 0.1) is 0 Å². The molecule has 3 N–H and O–H groups in total. The molecule has 1 aromatic rings. The van der Waals surface area contributed by atoms with E-state index in [9.17, 15) is 14.7 Å². The number of ether oxygens (including phenoxy) is 1. The molecule has 0 unspecified atom stereocenters. The van der Waals surface area contributed by atoms with E-state index in [1.54, 1.807) is 12.1 Å². The smallest absolute Gasteiger partial charge is 0.321 e. The number of rotatable bonds is 9. The Kier molecular flexibility index (Phi) is 8.33. The minimum atomic E-state index is -1.02. The number of nitrogens with one attached hydrogen (secondary N) is 2. The number of benzene rings is 1. The van der Waals surface area contributed by atoms with Gasteiger partial charge in [0, 0.05) is 17.6 Å². The molecule has 138 valence electrons. The van der Waals surface area contributed by atoms with Crippen molar-refractivity contribution < 1.29 is 19.4 Å². The minimum absolute atomic E-state index is 0.117. The maximum atomic E-state index is 12.1. The Balaban J connectivity index is 1.73. The van der Waals surface area contributed by atoms with Gasteiger partial charge in [-0.05, 0) is 47.6 Å². The number of morpholine rings is 1. The first-order valence-corrected chi connectivity index (χ1v) is 9.16. The Morgan fingerprint density at radius 1 is 1.28 bits per heavy atom. The van der Waals surface area contributed by atoms with Crippen LogP contribution in [0.15, 0.2) is 28.7 Å². The fourth-order valence-corrected chi connectivity index (χ4v) is 2.98. The quantitative estimate of drug-likeness (QED) is 0.532. The number of hydrogen-bond donors (Lipinski definition) is 3. The molecule has 0 saturated carbocycles. The van der Waals surface area contributed by atoms with Gasteiger partial charge in [-0.15, -0.1) is 0 Å². The zero-order valence-corrected chi connectivity index (χ0v) is 15.6. The number of carboxylic acids is 1. The van der Waals surface area contributed by atoms with Crippen LogP contribution in [-0.2, 0) is 14.3 Å². The molecule has 1 heterocycles. The van der Waals surface area contributed by atoms with Crippen LogP contribution in [0.1, 0.15) is 12.8 Å². The van der Waals surface area contributed by atoms with Crippen molar-refractivity contribution in [3.05, 3.63) is 28.7 Å². The van der Waals surface area contributed by atoms with Gasteiger partial charge in [0.15, 0.2) is 0 Å². The van der Waals surface area contributed by atoms with Crippen molar-refractivity contribution in [3.8, 4) is 0 Å². The Morgan fingerprint density at radius 2 is 2.00 bits per heavy atom. The Bertz CT molecular complexity index is 579. The van der Waals surface area contributed by atoms with Gasteiger partial charge in [0.2, 0.25) is 5.91 Å². The Morgan fingerprint density at radius 3 is 2.68 bits per heavy atom. The maximum absolute atomic E-state index is 12.1. The van der Waals surface area contributed by atoms with E-state index in [0.29, 0.717) is 12.2 Å². The zero-order chi connectivity index (χ0) is 18.1. The summed E-state index contributed by atoms with van der Waals surface area (Å²) in [6, 6.07) is 6.32. The number of amides is 1. The number of carbonyl (C=O) groups is 2. The molecule has 2 rings (SSSR count). The normalized spacial score (nSPS) is 16.4. The molecule has 1 aliphatic heterocycles. The van der Waals surface area contributed by atoms with Gasteiger partial charge in [-0.2, -0.15) is 0 Å². The SMILES string of the molecule is O=C(C[C@H](NCCCN1CCOCC1)C(=O)O)Nc1ccccc1Br. The van der Waals surface area contributed by atoms with Gasteiger partial charge in [-0.25, -0.2) is 0 Å². The molecule has 0 spiro atoms. The molecule has 1 aliphatic rings. The number of anilines is 1. The van der Waals surface area contributed by atoms with Crippen molar-refractivity contribution in [1.29, 1.82) is 0 Å². The Labute approximate surface area is 155 Å². The third-order valence-corrected chi connectivity index (χ3v) is 4.67. The summed E-state index contributed by atoms with van der Waals surface area (Å²) >= 11 is 3.35. The summed E-state index contributed by atoms with van der Waals surface area (Å²) in [7, 11) is 0. The highest BCUT2D eigenvalue weighted by Crippen LogP contribution is 2.21. The van der Waals surface area contributed by atoms with Gasteiger partial charge in [-0.3, -0.25) is 14.5 Å². The molecular weight excluding hydrogens is 390 g/mol. The number of halogens is 1. The van der Waals surface area contributed by atoms with Crippen LogP contribution in [-0.4, -0.2) is 67.3 Å². The fraction of sp³-hybridized carbons (Fsp3) is 0.529. The van der Waals surface area contributed by atoms with Crippen molar-refractivity contribution >= 4 is 33.5 Å². The van der Waals surface area contributed by atoms with Crippen molar-refractivity contribution in [1.82, 2.24) is 10.2 Å². The van der Waals surface area contributed by atoms with Crippen LogP contribution >= 0.6 is 15.9 Å². The van der Waals surface area contributed by atoms with Gasteiger partial charge in [0.1, 0.15) is 6.04 Å². The van der Waals surface area contributed by atoms with Crippen LogP contribution in [0.3, 0.4) is 0 Å². The fourth-order valence-electron chi connectivity index (χ4n) is 2.60. The predicted octanol–water partition coefficient (Wildman–Crippen LogP) is 1.54. The van der Waals surface area contributed by atoms with Crippen LogP contribution in [0.5, 0.6) is 0 Å². The maximum Gasteiger partial charge on any atom is 0.321 e. The molecule has 0 aliphatic carbocycles. The van der Waals surface area contributed by atoms with Gasteiger partial charge >= 0.3 is 5.97 Å². The number of para-hydroxylation sites is 1. The molecule has 8 heteroatoms. The van der Waals surface area contributed by atoms with Crippen LogP contribution in [0.2, 0.25) is 0 Å². The van der Waals surface area contributed by atoms with Gasteiger partial charge in [0.05, 0.1) is 25.3 Å². The third-order valence-electron chi connectivity index (χ3n) is 3.98. The van der Waals surface area contributed by atoms with E-state index in [4.69, 9.17) is 4.74 Å². The molecule has 0 radical (unpaired) electrons. The summed E-state index contributed by atoms with van der Waals surface area (Å²) in [4.78, 5) is 25.8. The average Bonchev–Trinajstić information content (AvgIpc) is 2.60. The van der Waals surface area contributed by atoms with Gasteiger partial charge in [-0.1, -0.05) is 12.1 Å². The lowest BCUT2D eigenvalue weighted by Gasteiger charge is -2.26. The largest absolute Gasteiger partial charge is 0.480 e. The van der Waals surface area contributed by atoms with Crippen molar-refractivity contribution in [2.45, 2.75) is 18.9 Å². The first-order chi connectivity index (χ1) is 12.1. The van der Waals surface area contributed by atoms with Crippen LogP contribution < -0.4 is 10.6 Å². The molecule has 1 saturated heterocycles. The highest BCUT2D eigenvalue weighted by molar-refractivity contribution is 9.10. The van der Waals surface area contributed by atoms with E-state index >= 15 is 0 Å². The van der Waals surface area contributed by atoms with Crippen molar-refractivity contribution in [2.24, 2.45) is 0 Å². The lowest BCUT2D eigenvalue weighted by Crippen LogP contribution is -2.42. The van der Waals surface area contributed by atoms with Crippen molar-refractivity contribution in [2.75, 3.05) is 44.7 Å². The molecule has 1 atom stereocenters. The summed E-state index contributed by atoms with van der Waals surface area (Å²) in [6.45, 7) is 4.77. The lowest BCUT2D eigenvalue weighted by molar-refractivity contribution is -0.141. The standard InChI is InChI=1S/C17H24BrN3O4/c18-13-4-1-2-5-14(13)20-16(22)12-15(17(23)24)19-6-3-7-21-8-10-25-11-9-21/h1-2,4-5,15,19H,3,6-12H2,(H,20,22)(H,23,24)/t15-/m0/s1. The molecular formula is C17H24BrN3O4. The highest BCUT2D eigenvalue weighted by Gasteiger charge is 2.21. The molecule has 25 heavy (non-hydrogen) atoms. The summed E-state index contributed by atoms with van der Waals surface area (Å²) < 4.78 is 6.05. The van der Waals surface area contributed by atoms with E-state index in [0.717, 1.165) is 43.7 Å². The van der Waals surface area contributed by atoms with Crippen molar-refractivity contribution in [3.63, 3.8) is 0 Å². The van der Waals surface area contributed by atoms with Crippen LogP contribution in [0.25, 0.3) is 0 Å². The zero-order valence-electron chi connectivity index (χ0n) is 14.0. The van der Waals surface area contributed by atoms with E-state index in [2.05, 4.69) is 31.5 Å². The predicted molar refractivity (Wildman–Crippen MR) is 98.7 cm³/mol.